The molecule has 6 heteroatoms. The average Bonchev–Trinajstić information content (AvgIpc) is 2.96. The quantitative estimate of drug-likeness (QED) is 0.881. The Morgan fingerprint density at radius 2 is 2.05 bits per heavy atom. The van der Waals surface area contributed by atoms with Gasteiger partial charge < -0.3 is 10.0 Å². The van der Waals surface area contributed by atoms with Gasteiger partial charge in [-0.1, -0.05) is 11.6 Å². The number of pyridine rings is 1. The third kappa shape index (κ3) is 3.19. The molecule has 1 N–H and O–H groups in total. The predicted octanol–water partition coefficient (Wildman–Crippen LogP) is 2.31. The average molecular weight is 307 g/mol. The molecule has 3 heterocycles. The van der Waals surface area contributed by atoms with Crippen molar-refractivity contribution >= 4 is 17.3 Å². The molecule has 0 aliphatic carbocycles. The Kier molecular flexibility index (Phi) is 4.41. The van der Waals surface area contributed by atoms with Gasteiger partial charge in [-0.2, -0.15) is 5.10 Å². The van der Waals surface area contributed by atoms with E-state index in [0.29, 0.717) is 17.6 Å². The zero-order chi connectivity index (χ0) is 14.7. The van der Waals surface area contributed by atoms with Crippen LogP contribution in [0.15, 0.2) is 30.6 Å². The van der Waals surface area contributed by atoms with Gasteiger partial charge in [0.1, 0.15) is 5.15 Å². The van der Waals surface area contributed by atoms with E-state index in [9.17, 15) is 0 Å². The first-order valence-electron chi connectivity index (χ1n) is 7.27. The normalized spacial score (nSPS) is 16.4. The molecular weight excluding hydrogens is 288 g/mol. The summed E-state index contributed by atoms with van der Waals surface area (Å²) in [7, 11) is 0. The first kappa shape index (κ1) is 14.4. The molecule has 1 fully saturated rings. The van der Waals surface area contributed by atoms with Crippen LogP contribution in [0.5, 0.6) is 0 Å². The third-order valence-electron chi connectivity index (χ3n) is 4.05. The highest BCUT2D eigenvalue weighted by molar-refractivity contribution is 6.29. The van der Waals surface area contributed by atoms with Gasteiger partial charge in [0, 0.05) is 42.8 Å². The van der Waals surface area contributed by atoms with Crippen LogP contribution in [0, 0.1) is 0 Å². The van der Waals surface area contributed by atoms with E-state index in [1.54, 1.807) is 6.20 Å². The maximum atomic E-state index is 9.09. The molecule has 0 amide bonds. The van der Waals surface area contributed by atoms with Gasteiger partial charge in [0.25, 0.3) is 0 Å². The molecule has 0 aromatic carbocycles. The van der Waals surface area contributed by atoms with Crippen LogP contribution in [0.2, 0.25) is 5.15 Å². The van der Waals surface area contributed by atoms with E-state index in [1.807, 2.05) is 23.0 Å². The van der Waals surface area contributed by atoms with Gasteiger partial charge in [0.2, 0.25) is 0 Å². The minimum atomic E-state index is 0.128. The third-order valence-corrected chi connectivity index (χ3v) is 4.26. The molecule has 3 rings (SSSR count). The number of rotatable bonds is 4. The van der Waals surface area contributed by atoms with Crippen LogP contribution in [0.25, 0.3) is 0 Å². The molecule has 21 heavy (non-hydrogen) atoms. The van der Waals surface area contributed by atoms with E-state index < -0.39 is 0 Å². The molecule has 0 saturated carbocycles. The van der Waals surface area contributed by atoms with Crippen molar-refractivity contribution in [2.75, 3.05) is 24.6 Å². The number of hydrogen-bond donors (Lipinski definition) is 1. The number of hydrogen-bond acceptors (Lipinski definition) is 4. The topological polar surface area (TPSA) is 54.2 Å². The zero-order valence-electron chi connectivity index (χ0n) is 11.8. The summed E-state index contributed by atoms with van der Waals surface area (Å²) in [5.41, 5.74) is 2.37. The fraction of sp³-hybridized carbons (Fsp3) is 0.467. The monoisotopic (exact) mass is 306 g/mol. The summed E-state index contributed by atoms with van der Waals surface area (Å²) in [5.74, 6) is 0.507. The summed E-state index contributed by atoms with van der Waals surface area (Å²) in [5, 5.41) is 13.9. The van der Waals surface area contributed by atoms with Gasteiger partial charge in [0.05, 0.1) is 13.2 Å². The van der Waals surface area contributed by atoms with Crippen LogP contribution in [0.4, 0.5) is 5.69 Å². The lowest BCUT2D eigenvalue weighted by Gasteiger charge is -2.33. The van der Waals surface area contributed by atoms with Crippen molar-refractivity contribution in [3.05, 3.63) is 41.4 Å². The highest BCUT2D eigenvalue weighted by Gasteiger charge is 2.23. The lowest BCUT2D eigenvalue weighted by Crippen LogP contribution is -2.33. The van der Waals surface area contributed by atoms with Gasteiger partial charge in [-0.05, 0) is 31.0 Å². The van der Waals surface area contributed by atoms with Gasteiger partial charge >= 0.3 is 0 Å². The summed E-state index contributed by atoms with van der Waals surface area (Å²) in [6, 6.07) is 5.99. The number of piperidine rings is 1. The molecule has 1 aliphatic rings. The number of nitrogens with zero attached hydrogens (tertiary/aromatic N) is 4. The highest BCUT2D eigenvalue weighted by atomic mass is 35.5. The minimum absolute atomic E-state index is 0.128. The van der Waals surface area contributed by atoms with Crippen molar-refractivity contribution in [2.24, 2.45) is 0 Å². The Bertz CT molecular complexity index is 593. The summed E-state index contributed by atoms with van der Waals surface area (Å²) in [6.45, 7) is 2.69. The van der Waals surface area contributed by atoms with Crippen molar-refractivity contribution in [1.29, 1.82) is 0 Å². The number of halogens is 1. The Labute approximate surface area is 129 Å². The Hall–Kier alpha value is -1.59. The predicted molar refractivity (Wildman–Crippen MR) is 82.7 cm³/mol. The van der Waals surface area contributed by atoms with Crippen molar-refractivity contribution in [2.45, 2.75) is 25.3 Å². The lowest BCUT2D eigenvalue weighted by molar-refractivity contribution is 0.265. The maximum Gasteiger partial charge on any atom is 0.131 e. The van der Waals surface area contributed by atoms with Crippen molar-refractivity contribution in [3.8, 4) is 0 Å². The molecule has 0 radical (unpaired) electrons. The van der Waals surface area contributed by atoms with E-state index in [1.165, 1.54) is 5.69 Å². The van der Waals surface area contributed by atoms with Gasteiger partial charge in [-0.3, -0.25) is 4.68 Å². The van der Waals surface area contributed by atoms with Crippen LogP contribution >= 0.6 is 11.6 Å². The van der Waals surface area contributed by atoms with Crippen molar-refractivity contribution < 1.29 is 5.11 Å². The first-order chi connectivity index (χ1) is 10.3. The standard InChI is InChI=1S/C15H19ClN4O/c16-15-11-13(1-5-17-15)19-7-3-12(4-8-19)14-2-6-18-20(14)9-10-21/h1-2,5-6,11-12,21H,3-4,7-10H2. The van der Waals surface area contributed by atoms with Crippen LogP contribution in [0.1, 0.15) is 24.5 Å². The largest absolute Gasteiger partial charge is 0.394 e. The van der Waals surface area contributed by atoms with Gasteiger partial charge in [-0.15, -0.1) is 0 Å². The molecule has 1 aliphatic heterocycles. The molecule has 0 bridgehead atoms. The van der Waals surface area contributed by atoms with Crippen LogP contribution < -0.4 is 4.90 Å². The SMILES string of the molecule is OCCn1nccc1C1CCN(c2ccnc(Cl)c2)CC1. The molecule has 112 valence electrons. The molecule has 2 aromatic heterocycles. The molecule has 0 unspecified atom stereocenters. The molecule has 1 saturated heterocycles. The molecule has 0 spiro atoms. The summed E-state index contributed by atoms with van der Waals surface area (Å²) < 4.78 is 1.92. The Morgan fingerprint density at radius 1 is 1.24 bits per heavy atom. The second-order valence-corrected chi connectivity index (χ2v) is 5.69. The lowest BCUT2D eigenvalue weighted by atomic mass is 9.93. The van der Waals surface area contributed by atoms with Crippen LogP contribution in [-0.2, 0) is 6.54 Å². The summed E-state index contributed by atoms with van der Waals surface area (Å²) >= 11 is 5.96. The molecule has 5 nitrogen and oxygen atoms in total. The smallest absolute Gasteiger partial charge is 0.131 e. The fourth-order valence-electron chi connectivity index (χ4n) is 2.99. The Morgan fingerprint density at radius 3 is 2.76 bits per heavy atom. The van der Waals surface area contributed by atoms with E-state index in [2.05, 4.69) is 21.0 Å². The van der Waals surface area contributed by atoms with Crippen molar-refractivity contribution in [1.82, 2.24) is 14.8 Å². The van der Waals surface area contributed by atoms with Crippen LogP contribution in [0.3, 0.4) is 0 Å². The second kappa shape index (κ2) is 6.45. The Balaban J connectivity index is 1.66. The van der Waals surface area contributed by atoms with Gasteiger partial charge in [0.15, 0.2) is 0 Å². The highest BCUT2D eigenvalue weighted by Crippen LogP contribution is 2.30. The number of anilines is 1. The van der Waals surface area contributed by atoms with Crippen molar-refractivity contribution in [3.63, 3.8) is 0 Å². The fourth-order valence-corrected chi connectivity index (χ4v) is 3.16. The van der Waals surface area contributed by atoms with Crippen LogP contribution in [-0.4, -0.2) is 39.6 Å². The number of aromatic nitrogens is 3. The van der Waals surface area contributed by atoms with E-state index >= 15 is 0 Å². The maximum absolute atomic E-state index is 9.09. The molecule has 2 aromatic rings. The molecule has 0 atom stereocenters. The first-order valence-corrected chi connectivity index (χ1v) is 7.65. The number of aliphatic hydroxyl groups is 1. The second-order valence-electron chi connectivity index (χ2n) is 5.30. The minimum Gasteiger partial charge on any atom is -0.394 e. The molecular formula is C15H19ClN4O. The number of aliphatic hydroxyl groups excluding tert-OH is 1. The van der Waals surface area contributed by atoms with E-state index in [4.69, 9.17) is 16.7 Å². The van der Waals surface area contributed by atoms with E-state index in [-0.39, 0.29) is 6.61 Å². The summed E-state index contributed by atoms with van der Waals surface area (Å²) in [6.07, 6.45) is 5.73. The summed E-state index contributed by atoms with van der Waals surface area (Å²) in [4.78, 5) is 6.37. The van der Waals surface area contributed by atoms with Gasteiger partial charge in [-0.25, -0.2) is 4.98 Å². The zero-order valence-corrected chi connectivity index (χ0v) is 12.6. The van der Waals surface area contributed by atoms with E-state index in [0.717, 1.165) is 31.6 Å².